The molecule has 18 nitrogen and oxygen atoms in total. The zero-order valence-electron chi connectivity index (χ0n) is 16.2. The highest BCUT2D eigenvalue weighted by Crippen LogP contribution is 2.66. The van der Waals surface area contributed by atoms with Crippen LogP contribution < -0.4 is 5.73 Å². The van der Waals surface area contributed by atoms with Crippen molar-refractivity contribution in [1.29, 1.82) is 5.26 Å². The van der Waals surface area contributed by atoms with Crippen molar-refractivity contribution < 1.29 is 65.8 Å². The first-order valence-electron chi connectivity index (χ1n) is 8.52. The first-order valence-corrected chi connectivity index (χ1v) is 13.0. The second-order valence-electron chi connectivity index (χ2n) is 6.66. The lowest BCUT2D eigenvalue weighted by Gasteiger charge is -2.25. The minimum Gasteiger partial charge on any atom is -0.387 e. The van der Waals surface area contributed by atoms with Crippen LogP contribution in [0.2, 0.25) is 0 Å². The predicted molar refractivity (Wildman–Crippen MR) is 101 cm³/mol. The van der Waals surface area contributed by atoms with Gasteiger partial charge in [-0.1, -0.05) is 0 Å². The topological polar surface area (TPSA) is 290 Å². The summed E-state index contributed by atoms with van der Waals surface area (Å²) < 4.78 is 65.9. The summed E-state index contributed by atoms with van der Waals surface area (Å²) in [5.74, 6) is -1.23. The Balaban J connectivity index is 1.85. The molecule has 3 rings (SSSR count). The molecule has 3 heterocycles. The van der Waals surface area contributed by atoms with Crippen molar-refractivity contribution in [3.63, 3.8) is 0 Å². The van der Waals surface area contributed by atoms with E-state index in [0.29, 0.717) is 0 Å². The fourth-order valence-corrected chi connectivity index (χ4v) is 6.07. The number of phosphoric ester groups is 1. The summed E-state index contributed by atoms with van der Waals surface area (Å²) in [5, 5.41) is 34.1. The van der Waals surface area contributed by atoms with Crippen LogP contribution in [0.25, 0.3) is 5.52 Å². The number of aliphatic hydroxyl groups is 2. The normalized spacial score (nSPS) is 28.9. The number of nitrogens with zero attached hydrogens (tertiary/aromatic N) is 4. The molecule has 0 saturated carbocycles. The summed E-state index contributed by atoms with van der Waals surface area (Å²) in [6.45, 7) is -1.40. The van der Waals surface area contributed by atoms with Gasteiger partial charge in [0.05, 0.1) is 5.69 Å². The number of rotatable bonds is 8. The van der Waals surface area contributed by atoms with Gasteiger partial charge in [0.15, 0.2) is 11.6 Å². The van der Waals surface area contributed by atoms with Crippen molar-refractivity contribution in [2.75, 3.05) is 12.3 Å². The van der Waals surface area contributed by atoms with Gasteiger partial charge < -0.3 is 40.3 Å². The second-order valence-corrected chi connectivity index (χ2v) is 11.1. The van der Waals surface area contributed by atoms with E-state index < -0.39 is 59.8 Å². The Hall–Kier alpha value is -1.87. The molecular weight excluding hydrogens is 534 g/mol. The fourth-order valence-electron chi connectivity index (χ4n) is 3.02. The number of aromatic nitrogens is 3. The molecule has 0 aliphatic carbocycles. The van der Waals surface area contributed by atoms with Gasteiger partial charge in [0, 0.05) is 6.07 Å². The second kappa shape index (κ2) is 8.97. The van der Waals surface area contributed by atoms with Gasteiger partial charge in [-0.3, -0.25) is 4.52 Å². The largest absolute Gasteiger partial charge is 0.490 e. The van der Waals surface area contributed by atoms with Gasteiger partial charge >= 0.3 is 23.5 Å². The van der Waals surface area contributed by atoms with Crippen molar-refractivity contribution in [1.82, 2.24) is 14.6 Å². The van der Waals surface area contributed by atoms with Crippen LogP contribution in [0.3, 0.4) is 0 Å². The summed E-state index contributed by atoms with van der Waals surface area (Å²) in [7, 11) is -17.2. The van der Waals surface area contributed by atoms with Crippen molar-refractivity contribution in [3.8, 4) is 6.07 Å². The number of nitriles is 1. The average Bonchev–Trinajstić information content (AvgIpc) is 3.14. The van der Waals surface area contributed by atoms with E-state index in [1.807, 2.05) is 0 Å². The van der Waals surface area contributed by atoms with E-state index in [1.165, 1.54) is 6.07 Å². The number of hydrogen-bond donors (Lipinski definition) is 7. The number of nitrogen functional groups attached to an aromatic ring is 1. The van der Waals surface area contributed by atoms with Gasteiger partial charge in [-0.2, -0.15) is 19.0 Å². The molecule has 1 saturated heterocycles. The summed E-state index contributed by atoms with van der Waals surface area (Å²) in [6.07, 6.45) is -4.86. The first-order chi connectivity index (χ1) is 15.5. The third kappa shape index (κ3) is 5.35. The van der Waals surface area contributed by atoms with Crippen LogP contribution in [0.5, 0.6) is 0 Å². The molecule has 22 heteroatoms. The van der Waals surface area contributed by atoms with Gasteiger partial charge in [0.1, 0.15) is 42.8 Å². The number of fused-ring (bicyclic) bond motifs is 1. The molecule has 1 fully saturated rings. The van der Waals surface area contributed by atoms with Crippen LogP contribution in [0.4, 0.5) is 10.2 Å². The standard InChI is InChI=1S/C12H15FN5O13P3/c13-5-1-6(18-7(5)11(15)16-4-17-18)9-8(19)10(20)12(2-14,29-9)3-28-33(24,25)31-34(26,27)30-32(21,22)23/h1,4,8-10,19-20H,3H2,(H,24,25)(H,26,27)(H2,15,16,17)(H2,21,22,23)/t8-,9-,10-,12+/m0/s1. The van der Waals surface area contributed by atoms with Crippen molar-refractivity contribution in [2.24, 2.45) is 0 Å². The Labute approximate surface area is 187 Å². The molecule has 0 spiro atoms. The van der Waals surface area contributed by atoms with Crippen LogP contribution in [-0.2, 0) is 31.6 Å². The molecule has 0 amide bonds. The van der Waals surface area contributed by atoms with E-state index in [4.69, 9.17) is 25.2 Å². The molecule has 34 heavy (non-hydrogen) atoms. The summed E-state index contributed by atoms with van der Waals surface area (Å²) >= 11 is 0. The zero-order valence-corrected chi connectivity index (χ0v) is 18.9. The third-order valence-electron chi connectivity index (χ3n) is 4.35. The van der Waals surface area contributed by atoms with Crippen LogP contribution in [0.15, 0.2) is 12.4 Å². The maximum Gasteiger partial charge on any atom is 0.490 e. The van der Waals surface area contributed by atoms with Gasteiger partial charge in [-0.05, 0) is 0 Å². The maximum atomic E-state index is 14.3. The van der Waals surface area contributed by atoms with Crippen molar-refractivity contribution in [2.45, 2.75) is 23.9 Å². The van der Waals surface area contributed by atoms with E-state index in [9.17, 15) is 38.5 Å². The number of halogens is 1. The lowest BCUT2D eigenvalue weighted by atomic mass is 9.96. The highest BCUT2D eigenvalue weighted by Gasteiger charge is 2.57. The molecule has 2 unspecified atom stereocenters. The number of ether oxygens (including phenoxy) is 1. The van der Waals surface area contributed by atoms with Crippen LogP contribution in [0, 0.1) is 17.1 Å². The van der Waals surface area contributed by atoms with E-state index in [0.717, 1.165) is 16.9 Å². The Kier molecular flexibility index (Phi) is 7.05. The molecule has 188 valence electrons. The highest BCUT2D eigenvalue weighted by atomic mass is 31.3. The smallest absolute Gasteiger partial charge is 0.387 e. The minimum absolute atomic E-state index is 0.247. The summed E-state index contributed by atoms with van der Waals surface area (Å²) in [4.78, 5) is 39.4. The number of hydrogen-bond acceptors (Lipinski definition) is 13. The number of aliphatic hydroxyl groups excluding tert-OH is 2. The highest BCUT2D eigenvalue weighted by molar-refractivity contribution is 7.66. The molecule has 1 aliphatic heterocycles. The lowest BCUT2D eigenvalue weighted by Crippen LogP contribution is -2.45. The Bertz CT molecular complexity index is 1290. The SMILES string of the molecule is N#C[C@]1(COP(=O)(O)OP(=O)(O)OP(=O)(O)O)O[C@@H](c2cc(F)c3c(N)ncnn23)[C@H](O)[C@@H]1O. The van der Waals surface area contributed by atoms with E-state index in [2.05, 4.69) is 23.2 Å². The van der Waals surface area contributed by atoms with E-state index >= 15 is 0 Å². The maximum absolute atomic E-state index is 14.3. The van der Waals surface area contributed by atoms with Gasteiger partial charge in [0.2, 0.25) is 5.60 Å². The summed E-state index contributed by atoms with van der Waals surface area (Å²) in [5.41, 5.74) is 2.39. The third-order valence-corrected chi connectivity index (χ3v) is 8.13. The molecular formula is C12H15FN5O13P3. The number of nitrogens with two attached hydrogens (primary N) is 1. The molecule has 2 aromatic rings. The fraction of sp³-hybridized carbons (Fsp3) is 0.417. The predicted octanol–water partition coefficient (Wildman–Crippen LogP) is -1.15. The Morgan fingerprint density at radius 1 is 1.24 bits per heavy atom. The lowest BCUT2D eigenvalue weighted by molar-refractivity contribution is -0.0729. The minimum atomic E-state index is -5.85. The van der Waals surface area contributed by atoms with Crippen molar-refractivity contribution >= 4 is 34.8 Å². The Morgan fingerprint density at radius 2 is 1.88 bits per heavy atom. The van der Waals surface area contributed by atoms with Crippen LogP contribution in [-0.4, -0.2) is 68.8 Å². The number of phosphoric acid groups is 3. The molecule has 0 aromatic carbocycles. The Morgan fingerprint density at radius 3 is 2.47 bits per heavy atom. The van der Waals surface area contributed by atoms with Gasteiger partial charge in [0.25, 0.3) is 0 Å². The molecule has 0 bridgehead atoms. The quantitative estimate of drug-likeness (QED) is 0.191. The van der Waals surface area contributed by atoms with E-state index in [1.54, 1.807) is 0 Å². The van der Waals surface area contributed by atoms with Gasteiger partial charge in [-0.25, -0.2) is 27.6 Å². The summed E-state index contributed by atoms with van der Waals surface area (Å²) in [6, 6.07) is 2.22. The first kappa shape index (κ1) is 26.7. The van der Waals surface area contributed by atoms with Crippen LogP contribution in [0.1, 0.15) is 11.8 Å². The molecule has 8 N–H and O–H groups in total. The average molecular weight is 549 g/mol. The van der Waals surface area contributed by atoms with E-state index in [-0.39, 0.29) is 17.0 Å². The molecule has 2 aromatic heterocycles. The monoisotopic (exact) mass is 549 g/mol. The molecule has 6 atom stereocenters. The molecule has 1 aliphatic rings. The number of anilines is 1. The van der Waals surface area contributed by atoms with Crippen LogP contribution >= 0.6 is 23.5 Å². The van der Waals surface area contributed by atoms with Crippen molar-refractivity contribution in [3.05, 3.63) is 23.9 Å². The zero-order chi connectivity index (χ0) is 25.7. The molecule has 0 radical (unpaired) electrons. The van der Waals surface area contributed by atoms with Gasteiger partial charge in [-0.15, -0.1) is 0 Å².